The van der Waals surface area contributed by atoms with E-state index in [-0.39, 0.29) is 59.5 Å². The summed E-state index contributed by atoms with van der Waals surface area (Å²) in [6, 6.07) is 10.1. The third kappa shape index (κ3) is 4.55. The van der Waals surface area contributed by atoms with Crippen LogP contribution in [-0.4, -0.2) is 52.6 Å². The van der Waals surface area contributed by atoms with Gasteiger partial charge in [0.1, 0.15) is 0 Å². The maximum atomic E-state index is 12.7. The lowest BCUT2D eigenvalue weighted by Crippen LogP contribution is -2.39. The fourth-order valence-corrected chi connectivity index (χ4v) is 5.22. The van der Waals surface area contributed by atoms with Crippen LogP contribution < -0.4 is 10.6 Å². The molecule has 3 aliphatic rings. The van der Waals surface area contributed by atoms with E-state index in [0.717, 1.165) is 17.7 Å². The van der Waals surface area contributed by atoms with Gasteiger partial charge in [0.25, 0.3) is 0 Å². The number of guanidine groups is 1. The molecule has 2 heterocycles. The summed E-state index contributed by atoms with van der Waals surface area (Å²) >= 11 is 0. The Hall–Kier alpha value is -2.69. The number of carbonyl (C=O) groups is 2. The molecule has 2 amide bonds. The Morgan fingerprint density at radius 1 is 1.09 bits per heavy atom. The molecule has 2 fully saturated rings. The number of imide groups is 1. The first-order valence-corrected chi connectivity index (χ1v) is 11.2. The fourth-order valence-electron chi connectivity index (χ4n) is 5.22. The number of amides is 2. The van der Waals surface area contributed by atoms with Crippen molar-refractivity contribution in [1.29, 1.82) is 0 Å². The number of likely N-dealkylation sites (tertiary alicyclic amines) is 1. The first-order chi connectivity index (χ1) is 15.7. The van der Waals surface area contributed by atoms with Crippen molar-refractivity contribution < 1.29 is 9.59 Å². The Labute approximate surface area is 210 Å². The van der Waals surface area contributed by atoms with Gasteiger partial charge in [0.2, 0.25) is 11.8 Å². The lowest BCUT2D eigenvalue weighted by molar-refractivity contribution is -0.140. The van der Waals surface area contributed by atoms with Crippen LogP contribution in [-0.2, 0) is 16.1 Å². The van der Waals surface area contributed by atoms with Gasteiger partial charge < -0.3 is 10.6 Å². The van der Waals surface area contributed by atoms with Crippen molar-refractivity contribution >= 4 is 41.8 Å². The Morgan fingerprint density at radius 3 is 2.39 bits per heavy atom. The topological polar surface area (TPSA) is 91.6 Å². The minimum atomic E-state index is -0.112. The molecule has 0 radical (unpaired) electrons. The zero-order valence-corrected chi connectivity index (χ0v) is 20.9. The van der Waals surface area contributed by atoms with E-state index in [9.17, 15) is 9.59 Å². The Balaban J connectivity index is 0.00000259. The second kappa shape index (κ2) is 10.1. The predicted molar refractivity (Wildman–Crippen MR) is 136 cm³/mol. The van der Waals surface area contributed by atoms with Crippen molar-refractivity contribution in [3.05, 3.63) is 60.4 Å². The van der Waals surface area contributed by atoms with E-state index < -0.39 is 0 Å². The van der Waals surface area contributed by atoms with Gasteiger partial charge in [-0.3, -0.25) is 19.5 Å². The summed E-state index contributed by atoms with van der Waals surface area (Å²) in [4.78, 5) is 31.2. The monoisotopic (exact) mass is 560 g/mol. The molecule has 1 aromatic carbocycles. The molecule has 2 N–H and O–H groups in total. The number of allylic oxidation sites excluding steroid dienone is 2. The van der Waals surface area contributed by atoms with Crippen LogP contribution in [0.3, 0.4) is 0 Å². The number of hydrogen-bond acceptors (Lipinski definition) is 4. The van der Waals surface area contributed by atoms with Gasteiger partial charge in [-0.1, -0.05) is 24.3 Å². The van der Waals surface area contributed by atoms with Gasteiger partial charge in [-0.15, -0.1) is 24.0 Å². The Bertz CT molecular complexity index is 1020. The number of hydrogen-bond donors (Lipinski definition) is 2. The van der Waals surface area contributed by atoms with Crippen LogP contribution in [0.4, 0.5) is 0 Å². The van der Waals surface area contributed by atoms with E-state index in [4.69, 9.17) is 0 Å². The quantitative estimate of drug-likeness (QED) is 0.136. The smallest absolute Gasteiger partial charge is 0.233 e. The first-order valence-electron chi connectivity index (χ1n) is 11.2. The number of aliphatic imine (C=N–C) groups is 1. The van der Waals surface area contributed by atoms with Crippen LogP contribution in [0.25, 0.3) is 5.69 Å². The SMILES string of the molecule is CN=C(NCCCN1C(=O)C2C3C=CC(C3)C2C1=O)NCc1ccc(-n2cccn2)cc1.I. The highest BCUT2D eigenvalue weighted by Crippen LogP contribution is 2.52. The number of nitrogens with one attached hydrogen (secondary N) is 2. The molecule has 2 aliphatic carbocycles. The molecule has 0 spiro atoms. The van der Waals surface area contributed by atoms with Crippen LogP contribution in [0.1, 0.15) is 18.4 Å². The number of aromatic nitrogens is 2. The summed E-state index contributed by atoms with van der Waals surface area (Å²) in [7, 11) is 1.73. The number of halogens is 1. The molecule has 4 unspecified atom stereocenters. The normalized spacial score (nSPS) is 25.4. The van der Waals surface area contributed by atoms with Crippen LogP contribution >= 0.6 is 24.0 Å². The average Bonchev–Trinajstić information content (AvgIpc) is 3.60. The van der Waals surface area contributed by atoms with Crippen molar-refractivity contribution in [2.24, 2.45) is 28.7 Å². The molecule has 2 aromatic rings. The Kier molecular flexibility index (Phi) is 7.16. The maximum absolute atomic E-state index is 12.7. The number of fused-ring (bicyclic) bond motifs is 5. The maximum Gasteiger partial charge on any atom is 0.233 e. The minimum Gasteiger partial charge on any atom is -0.356 e. The van der Waals surface area contributed by atoms with Crippen LogP contribution in [0, 0.1) is 23.7 Å². The van der Waals surface area contributed by atoms with E-state index in [1.54, 1.807) is 13.2 Å². The van der Waals surface area contributed by atoms with Crippen LogP contribution in [0.15, 0.2) is 59.9 Å². The van der Waals surface area contributed by atoms with E-state index in [1.165, 1.54) is 4.90 Å². The molecule has 4 atom stereocenters. The highest BCUT2D eigenvalue weighted by atomic mass is 127. The van der Waals surface area contributed by atoms with E-state index >= 15 is 0 Å². The van der Waals surface area contributed by atoms with Gasteiger partial charge >= 0.3 is 0 Å². The summed E-state index contributed by atoms with van der Waals surface area (Å²) in [6.07, 6.45) is 9.59. The van der Waals surface area contributed by atoms with Gasteiger partial charge in [0.15, 0.2) is 5.96 Å². The van der Waals surface area contributed by atoms with Crippen molar-refractivity contribution in [3.8, 4) is 5.69 Å². The molecule has 174 valence electrons. The fraction of sp³-hybridized carbons (Fsp3) is 0.417. The molecule has 9 heteroatoms. The molecule has 33 heavy (non-hydrogen) atoms. The van der Waals surface area contributed by atoms with Crippen LogP contribution in [0.5, 0.6) is 0 Å². The summed E-state index contributed by atoms with van der Waals surface area (Å²) in [5, 5.41) is 10.8. The second-order valence-electron chi connectivity index (χ2n) is 8.65. The summed E-state index contributed by atoms with van der Waals surface area (Å²) < 4.78 is 1.82. The number of nitrogens with zero attached hydrogens (tertiary/aromatic N) is 4. The molecule has 5 rings (SSSR count). The molecule has 2 bridgehead atoms. The highest BCUT2D eigenvalue weighted by molar-refractivity contribution is 14.0. The predicted octanol–water partition coefficient (Wildman–Crippen LogP) is 2.35. The molecule has 1 saturated carbocycles. The first kappa shape index (κ1) is 23.5. The molecule has 1 saturated heterocycles. The molecular weight excluding hydrogens is 531 g/mol. The van der Waals surface area contributed by atoms with Gasteiger partial charge in [-0.2, -0.15) is 5.10 Å². The van der Waals surface area contributed by atoms with E-state index in [1.807, 2.05) is 29.1 Å². The van der Waals surface area contributed by atoms with Crippen molar-refractivity contribution in [1.82, 2.24) is 25.3 Å². The summed E-state index contributed by atoms with van der Waals surface area (Å²) in [5.74, 6) is 1.05. The Morgan fingerprint density at radius 2 is 1.79 bits per heavy atom. The lowest BCUT2D eigenvalue weighted by Gasteiger charge is -2.18. The minimum absolute atomic E-state index is 0. The van der Waals surface area contributed by atoms with E-state index in [0.29, 0.717) is 32.0 Å². The second-order valence-corrected chi connectivity index (χ2v) is 8.65. The summed E-state index contributed by atoms with van der Waals surface area (Å²) in [5.41, 5.74) is 2.15. The number of benzene rings is 1. The average molecular weight is 560 g/mol. The zero-order valence-electron chi connectivity index (χ0n) is 18.6. The standard InChI is InChI=1S/C24H28N6O2.HI/c1-25-24(27-15-16-4-8-19(9-5-16)30-13-3-11-28-30)26-10-2-12-29-22(31)20-17-6-7-18(14-17)21(20)23(29)32;/h3-9,11,13,17-18,20-21H,2,10,12,14-15H2,1H3,(H2,25,26,27);1H. The van der Waals surface area contributed by atoms with Gasteiger partial charge in [-0.05, 0) is 48.4 Å². The number of carbonyl (C=O) groups excluding carboxylic acids is 2. The molecule has 1 aliphatic heterocycles. The number of rotatable bonds is 7. The van der Waals surface area contributed by atoms with E-state index in [2.05, 4.69) is 45.0 Å². The van der Waals surface area contributed by atoms with Crippen molar-refractivity contribution in [3.63, 3.8) is 0 Å². The van der Waals surface area contributed by atoms with Crippen molar-refractivity contribution in [2.45, 2.75) is 19.4 Å². The summed E-state index contributed by atoms with van der Waals surface area (Å²) in [6.45, 7) is 1.74. The van der Waals surface area contributed by atoms with Crippen molar-refractivity contribution in [2.75, 3.05) is 20.1 Å². The highest BCUT2D eigenvalue weighted by Gasteiger charge is 2.58. The third-order valence-electron chi connectivity index (χ3n) is 6.80. The molecule has 8 nitrogen and oxygen atoms in total. The molecular formula is C24H29IN6O2. The van der Waals surface area contributed by atoms with Crippen LogP contribution in [0.2, 0.25) is 0 Å². The molecule has 1 aromatic heterocycles. The van der Waals surface area contributed by atoms with Gasteiger partial charge in [0, 0.05) is 39.1 Å². The van der Waals surface area contributed by atoms with Gasteiger partial charge in [-0.25, -0.2) is 4.68 Å². The lowest BCUT2D eigenvalue weighted by atomic mass is 9.85. The van der Waals surface area contributed by atoms with Gasteiger partial charge in [0.05, 0.1) is 17.5 Å². The largest absolute Gasteiger partial charge is 0.356 e. The zero-order chi connectivity index (χ0) is 22.1. The third-order valence-corrected chi connectivity index (χ3v) is 6.80.